The molecule has 0 aliphatic rings. The summed E-state index contributed by atoms with van der Waals surface area (Å²) >= 11 is 7.29. The Balaban J connectivity index is 3.11. The van der Waals surface area contributed by atoms with E-state index in [-0.39, 0.29) is 0 Å². The van der Waals surface area contributed by atoms with Gasteiger partial charge in [-0.05, 0) is 6.42 Å². The molecule has 0 aromatic carbocycles. The van der Waals surface area contributed by atoms with Crippen molar-refractivity contribution in [3.63, 3.8) is 0 Å². The largest absolute Gasteiger partial charge is 0.327 e. The first-order chi connectivity index (χ1) is 4.66. The van der Waals surface area contributed by atoms with Crippen molar-refractivity contribution in [2.45, 2.75) is 19.4 Å². The van der Waals surface area contributed by atoms with Crippen molar-refractivity contribution in [3.8, 4) is 0 Å². The van der Waals surface area contributed by atoms with Gasteiger partial charge >= 0.3 is 0 Å². The number of rotatable bonds is 5. The SMILES string of the molecule is C=C(Cl)CSCC(N)CC. The maximum atomic E-state index is 5.67. The van der Waals surface area contributed by atoms with Crippen LogP contribution in [0.3, 0.4) is 0 Å². The van der Waals surface area contributed by atoms with Gasteiger partial charge in [-0.25, -0.2) is 0 Å². The highest BCUT2D eigenvalue weighted by Crippen LogP contribution is 2.10. The molecule has 0 aliphatic heterocycles. The summed E-state index contributed by atoms with van der Waals surface area (Å²) in [7, 11) is 0. The lowest BCUT2D eigenvalue weighted by Crippen LogP contribution is -2.21. The van der Waals surface area contributed by atoms with Crippen molar-refractivity contribution in [1.82, 2.24) is 0 Å². The van der Waals surface area contributed by atoms with Crippen molar-refractivity contribution in [3.05, 3.63) is 11.6 Å². The molecular formula is C7H14ClNS. The molecule has 0 saturated carbocycles. The maximum absolute atomic E-state index is 5.67. The van der Waals surface area contributed by atoms with E-state index in [1.54, 1.807) is 11.8 Å². The topological polar surface area (TPSA) is 26.0 Å². The van der Waals surface area contributed by atoms with Crippen molar-refractivity contribution < 1.29 is 0 Å². The van der Waals surface area contributed by atoms with Gasteiger partial charge in [-0.1, -0.05) is 25.1 Å². The quantitative estimate of drug-likeness (QED) is 0.701. The zero-order valence-corrected chi connectivity index (χ0v) is 7.84. The number of nitrogens with two attached hydrogens (primary N) is 1. The van der Waals surface area contributed by atoms with Crippen molar-refractivity contribution in [1.29, 1.82) is 0 Å². The molecule has 60 valence electrons. The van der Waals surface area contributed by atoms with E-state index in [2.05, 4.69) is 13.5 Å². The van der Waals surface area contributed by atoms with E-state index < -0.39 is 0 Å². The molecule has 0 rings (SSSR count). The Morgan fingerprint density at radius 1 is 1.80 bits per heavy atom. The second kappa shape index (κ2) is 6.08. The molecule has 1 unspecified atom stereocenters. The summed E-state index contributed by atoms with van der Waals surface area (Å²) in [6.45, 7) is 5.67. The third-order valence-corrected chi connectivity index (χ3v) is 2.62. The maximum Gasteiger partial charge on any atom is 0.0287 e. The van der Waals surface area contributed by atoms with Crippen LogP contribution in [-0.2, 0) is 0 Å². The predicted octanol–water partition coefficient (Wildman–Crippen LogP) is 2.21. The summed E-state index contributed by atoms with van der Waals surface area (Å²) in [5, 5.41) is 0.702. The van der Waals surface area contributed by atoms with E-state index in [1.165, 1.54) is 0 Å². The number of hydrogen-bond acceptors (Lipinski definition) is 2. The summed E-state index contributed by atoms with van der Waals surface area (Å²) in [5.41, 5.74) is 5.67. The van der Waals surface area contributed by atoms with Crippen LogP contribution in [-0.4, -0.2) is 17.5 Å². The fraction of sp³-hybridized carbons (Fsp3) is 0.714. The van der Waals surface area contributed by atoms with Gasteiger partial charge in [0.25, 0.3) is 0 Å². The Morgan fingerprint density at radius 3 is 2.80 bits per heavy atom. The lowest BCUT2D eigenvalue weighted by atomic mass is 10.3. The van der Waals surface area contributed by atoms with E-state index in [1.807, 2.05) is 0 Å². The molecule has 3 heteroatoms. The highest BCUT2D eigenvalue weighted by Gasteiger charge is 1.98. The molecule has 0 heterocycles. The molecule has 0 fully saturated rings. The van der Waals surface area contributed by atoms with E-state index >= 15 is 0 Å². The van der Waals surface area contributed by atoms with E-state index in [4.69, 9.17) is 17.3 Å². The zero-order chi connectivity index (χ0) is 7.98. The average Bonchev–Trinajstić information content (AvgIpc) is 1.87. The molecule has 0 amide bonds. The molecule has 0 aromatic rings. The Bertz CT molecular complexity index is 106. The van der Waals surface area contributed by atoms with Crippen LogP contribution in [0.5, 0.6) is 0 Å². The smallest absolute Gasteiger partial charge is 0.0287 e. The number of hydrogen-bond donors (Lipinski definition) is 1. The summed E-state index contributed by atoms with van der Waals surface area (Å²) in [5.74, 6) is 1.79. The minimum atomic E-state index is 0.306. The van der Waals surface area contributed by atoms with Gasteiger partial charge in [-0.3, -0.25) is 0 Å². The van der Waals surface area contributed by atoms with Gasteiger partial charge < -0.3 is 5.73 Å². The first-order valence-corrected chi connectivity index (χ1v) is 4.86. The molecule has 0 radical (unpaired) electrons. The van der Waals surface area contributed by atoms with Crippen LogP contribution in [0, 0.1) is 0 Å². The molecule has 2 N–H and O–H groups in total. The van der Waals surface area contributed by atoms with Crippen LogP contribution in [0.15, 0.2) is 11.6 Å². The standard InChI is InChI=1S/C7H14ClNS/c1-3-7(9)5-10-4-6(2)8/h7H,2-5,9H2,1H3. The Hall–Kier alpha value is 0.340. The molecule has 1 atom stereocenters. The third-order valence-electron chi connectivity index (χ3n) is 1.11. The highest BCUT2D eigenvalue weighted by molar-refractivity contribution is 7.99. The molecule has 0 aromatic heterocycles. The summed E-state index contributed by atoms with van der Waals surface area (Å²) in [4.78, 5) is 0. The van der Waals surface area contributed by atoms with Crippen LogP contribution >= 0.6 is 23.4 Å². The lowest BCUT2D eigenvalue weighted by Gasteiger charge is -2.06. The van der Waals surface area contributed by atoms with Gasteiger partial charge in [0.1, 0.15) is 0 Å². The summed E-state index contributed by atoms with van der Waals surface area (Å²) in [6.07, 6.45) is 1.03. The van der Waals surface area contributed by atoms with Crippen LogP contribution in [0.4, 0.5) is 0 Å². The van der Waals surface area contributed by atoms with Gasteiger partial charge in [0.2, 0.25) is 0 Å². The second-order valence-electron chi connectivity index (χ2n) is 2.20. The van der Waals surface area contributed by atoms with Crippen LogP contribution < -0.4 is 5.73 Å². The fourth-order valence-electron chi connectivity index (χ4n) is 0.439. The minimum absolute atomic E-state index is 0.306. The van der Waals surface area contributed by atoms with Gasteiger partial charge in [0.05, 0.1) is 0 Å². The summed E-state index contributed by atoms with van der Waals surface area (Å²) in [6, 6.07) is 0.306. The van der Waals surface area contributed by atoms with E-state index in [0.717, 1.165) is 17.9 Å². The molecule has 0 bridgehead atoms. The van der Waals surface area contributed by atoms with Crippen LogP contribution in [0.2, 0.25) is 0 Å². The highest BCUT2D eigenvalue weighted by atomic mass is 35.5. The van der Waals surface area contributed by atoms with E-state index in [9.17, 15) is 0 Å². The van der Waals surface area contributed by atoms with Gasteiger partial charge in [0, 0.05) is 22.6 Å². The molecule has 0 aliphatic carbocycles. The summed E-state index contributed by atoms with van der Waals surface area (Å²) < 4.78 is 0. The molecule has 1 nitrogen and oxygen atoms in total. The Morgan fingerprint density at radius 2 is 2.40 bits per heavy atom. The first-order valence-electron chi connectivity index (χ1n) is 3.33. The van der Waals surface area contributed by atoms with Crippen LogP contribution in [0.25, 0.3) is 0 Å². The van der Waals surface area contributed by atoms with Crippen molar-refractivity contribution in [2.24, 2.45) is 5.73 Å². The first kappa shape index (κ1) is 10.3. The zero-order valence-electron chi connectivity index (χ0n) is 6.27. The molecule has 0 spiro atoms. The van der Waals surface area contributed by atoms with E-state index in [0.29, 0.717) is 11.1 Å². The monoisotopic (exact) mass is 179 g/mol. The Labute approximate surface area is 72.0 Å². The molecule has 0 saturated heterocycles. The number of halogens is 1. The van der Waals surface area contributed by atoms with Gasteiger partial charge in [-0.2, -0.15) is 11.8 Å². The second-order valence-corrected chi connectivity index (χ2v) is 3.77. The molecular weight excluding hydrogens is 166 g/mol. The lowest BCUT2D eigenvalue weighted by molar-refractivity contribution is 0.725. The normalized spacial score (nSPS) is 13.1. The fourth-order valence-corrected chi connectivity index (χ4v) is 1.55. The average molecular weight is 180 g/mol. The van der Waals surface area contributed by atoms with Gasteiger partial charge in [-0.15, -0.1) is 0 Å². The predicted molar refractivity (Wildman–Crippen MR) is 50.6 cm³/mol. The number of thioether (sulfide) groups is 1. The molecule has 10 heavy (non-hydrogen) atoms. The van der Waals surface area contributed by atoms with Crippen LogP contribution in [0.1, 0.15) is 13.3 Å². The van der Waals surface area contributed by atoms with Gasteiger partial charge in [0.15, 0.2) is 0 Å². The van der Waals surface area contributed by atoms with Crippen molar-refractivity contribution in [2.75, 3.05) is 11.5 Å². The third kappa shape index (κ3) is 6.46. The Kier molecular flexibility index (Phi) is 6.28. The van der Waals surface area contributed by atoms with Crippen molar-refractivity contribution >= 4 is 23.4 Å². The minimum Gasteiger partial charge on any atom is -0.327 e.